The summed E-state index contributed by atoms with van der Waals surface area (Å²) < 4.78 is 6.47. The van der Waals surface area contributed by atoms with E-state index in [0.717, 1.165) is 6.42 Å². The molecule has 9 heteroatoms. The topological polar surface area (TPSA) is 105 Å². The highest BCUT2D eigenvalue weighted by atomic mass is 16.5. The average molecular weight is 322 g/mol. The van der Waals surface area contributed by atoms with Crippen molar-refractivity contribution in [1.82, 2.24) is 30.0 Å². The second-order valence-electron chi connectivity index (χ2n) is 5.39. The standard InChI is InChI=1S/C14H22N6O3/c1-19(9-12(21)15-5-4-6-23-3)8-11-17-13-10(14(22)18-11)7-16-20(13)2/h7H,4-6,8-9H2,1-3H3,(H,15,21)(H,17,18,22). The van der Waals surface area contributed by atoms with Gasteiger partial charge in [0.05, 0.1) is 19.3 Å². The molecule has 0 saturated heterocycles. The zero-order chi connectivity index (χ0) is 16.8. The molecule has 0 unspecified atom stereocenters. The molecule has 0 bridgehead atoms. The fraction of sp³-hybridized carbons (Fsp3) is 0.571. The smallest absolute Gasteiger partial charge is 0.262 e. The zero-order valence-electron chi connectivity index (χ0n) is 13.6. The van der Waals surface area contributed by atoms with E-state index in [9.17, 15) is 9.59 Å². The summed E-state index contributed by atoms with van der Waals surface area (Å²) in [5, 5.41) is 7.29. The number of nitrogens with one attached hydrogen (secondary N) is 2. The van der Waals surface area contributed by atoms with Crippen molar-refractivity contribution < 1.29 is 9.53 Å². The van der Waals surface area contributed by atoms with Gasteiger partial charge >= 0.3 is 0 Å². The van der Waals surface area contributed by atoms with Gasteiger partial charge in [0.1, 0.15) is 11.2 Å². The number of rotatable bonds is 8. The van der Waals surface area contributed by atoms with Crippen LogP contribution in [-0.2, 0) is 23.1 Å². The number of aromatic amines is 1. The molecule has 0 aromatic carbocycles. The first-order valence-corrected chi connectivity index (χ1v) is 7.36. The average Bonchev–Trinajstić information content (AvgIpc) is 2.85. The molecule has 2 heterocycles. The Morgan fingerprint density at radius 1 is 1.52 bits per heavy atom. The summed E-state index contributed by atoms with van der Waals surface area (Å²) in [6, 6.07) is 0. The van der Waals surface area contributed by atoms with Gasteiger partial charge in [-0.15, -0.1) is 0 Å². The first kappa shape index (κ1) is 17.1. The normalized spacial score (nSPS) is 11.3. The van der Waals surface area contributed by atoms with Crippen molar-refractivity contribution in [3.05, 3.63) is 22.4 Å². The maximum Gasteiger partial charge on any atom is 0.262 e. The van der Waals surface area contributed by atoms with Crippen molar-refractivity contribution in [2.24, 2.45) is 7.05 Å². The molecule has 126 valence electrons. The first-order chi connectivity index (χ1) is 11.0. The number of ether oxygens (including phenoxy) is 1. The van der Waals surface area contributed by atoms with E-state index in [1.54, 1.807) is 30.8 Å². The molecule has 0 aliphatic rings. The molecule has 0 radical (unpaired) electrons. The number of hydrogen-bond acceptors (Lipinski definition) is 6. The molecular weight excluding hydrogens is 300 g/mol. The SMILES string of the molecule is COCCCNC(=O)CN(C)Cc1nc2c(cnn2C)c(=O)[nH]1. The van der Waals surface area contributed by atoms with Crippen molar-refractivity contribution in [3.8, 4) is 0 Å². The quantitative estimate of drug-likeness (QED) is 0.619. The van der Waals surface area contributed by atoms with Crippen LogP contribution >= 0.6 is 0 Å². The van der Waals surface area contributed by atoms with E-state index in [4.69, 9.17) is 4.74 Å². The van der Waals surface area contributed by atoms with Gasteiger partial charge in [0.2, 0.25) is 5.91 Å². The van der Waals surface area contributed by atoms with Crippen LogP contribution in [0.4, 0.5) is 0 Å². The zero-order valence-corrected chi connectivity index (χ0v) is 13.6. The van der Waals surface area contributed by atoms with Crippen molar-refractivity contribution in [3.63, 3.8) is 0 Å². The Bertz CT molecular complexity index is 723. The number of carbonyl (C=O) groups excluding carboxylic acids is 1. The lowest BCUT2D eigenvalue weighted by Crippen LogP contribution is -2.36. The Labute approximate surface area is 133 Å². The van der Waals surface area contributed by atoms with Crippen LogP contribution in [0.2, 0.25) is 0 Å². The second kappa shape index (κ2) is 7.84. The van der Waals surface area contributed by atoms with Gasteiger partial charge in [-0.3, -0.25) is 19.2 Å². The molecule has 0 spiro atoms. The summed E-state index contributed by atoms with van der Waals surface area (Å²) in [5.41, 5.74) is 0.302. The number of amides is 1. The lowest BCUT2D eigenvalue weighted by atomic mass is 10.4. The fourth-order valence-corrected chi connectivity index (χ4v) is 2.21. The summed E-state index contributed by atoms with van der Waals surface area (Å²) in [5.74, 6) is 0.424. The van der Waals surface area contributed by atoms with E-state index in [1.807, 2.05) is 0 Å². The van der Waals surface area contributed by atoms with Crippen molar-refractivity contribution in [1.29, 1.82) is 0 Å². The molecule has 0 saturated carbocycles. The summed E-state index contributed by atoms with van der Waals surface area (Å²) in [6.45, 7) is 1.78. The molecule has 0 aliphatic carbocycles. The fourth-order valence-electron chi connectivity index (χ4n) is 2.21. The third-order valence-electron chi connectivity index (χ3n) is 3.33. The summed E-state index contributed by atoms with van der Waals surface area (Å²) in [6.07, 6.45) is 2.26. The minimum atomic E-state index is -0.226. The number of aromatic nitrogens is 4. The van der Waals surface area contributed by atoms with Crippen LogP contribution in [-0.4, -0.2) is 64.4 Å². The third kappa shape index (κ3) is 4.60. The van der Waals surface area contributed by atoms with E-state index >= 15 is 0 Å². The van der Waals surface area contributed by atoms with Gasteiger partial charge in [-0.05, 0) is 13.5 Å². The van der Waals surface area contributed by atoms with Crippen LogP contribution in [0.15, 0.2) is 11.0 Å². The number of methoxy groups -OCH3 is 1. The number of fused-ring (bicyclic) bond motifs is 1. The van der Waals surface area contributed by atoms with E-state index in [-0.39, 0.29) is 18.0 Å². The highest BCUT2D eigenvalue weighted by molar-refractivity contribution is 5.78. The number of H-pyrrole nitrogens is 1. The molecule has 23 heavy (non-hydrogen) atoms. The Hall–Kier alpha value is -2.26. The van der Waals surface area contributed by atoms with Crippen molar-refractivity contribution in [2.45, 2.75) is 13.0 Å². The lowest BCUT2D eigenvalue weighted by molar-refractivity contribution is -0.122. The summed E-state index contributed by atoms with van der Waals surface area (Å²) in [7, 11) is 5.15. The molecule has 2 aromatic heterocycles. The van der Waals surface area contributed by atoms with Crippen LogP contribution in [0.5, 0.6) is 0 Å². The molecule has 9 nitrogen and oxygen atoms in total. The molecule has 0 aliphatic heterocycles. The molecule has 0 fully saturated rings. The van der Waals surface area contributed by atoms with Crippen LogP contribution in [0.1, 0.15) is 12.2 Å². The van der Waals surface area contributed by atoms with Crippen LogP contribution in [0.3, 0.4) is 0 Å². The Balaban J connectivity index is 1.92. The minimum Gasteiger partial charge on any atom is -0.385 e. The lowest BCUT2D eigenvalue weighted by Gasteiger charge is -2.15. The van der Waals surface area contributed by atoms with Gasteiger partial charge in [-0.25, -0.2) is 4.98 Å². The predicted octanol–water partition coefficient (Wildman–Crippen LogP) is -0.759. The monoisotopic (exact) mass is 322 g/mol. The largest absolute Gasteiger partial charge is 0.385 e. The van der Waals surface area contributed by atoms with E-state index < -0.39 is 0 Å². The molecule has 1 amide bonds. The summed E-state index contributed by atoms with van der Waals surface area (Å²) in [4.78, 5) is 32.6. The van der Waals surface area contributed by atoms with Gasteiger partial charge in [0.15, 0.2) is 5.65 Å². The van der Waals surface area contributed by atoms with E-state index in [0.29, 0.717) is 36.6 Å². The maximum atomic E-state index is 12.0. The van der Waals surface area contributed by atoms with Gasteiger partial charge < -0.3 is 15.0 Å². The Morgan fingerprint density at radius 2 is 2.30 bits per heavy atom. The predicted molar refractivity (Wildman–Crippen MR) is 85.0 cm³/mol. The highest BCUT2D eigenvalue weighted by Gasteiger charge is 2.11. The first-order valence-electron chi connectivity index (χ1n) is 7.36. The molecule has 2 aromatic rings. The molecule has 0 atom stereocenters. The maximum absolute atomic E-state index is 12.0. The van der Waals surface area contributed by atoms with Gasteiger partial charge in [0, 0.05) is 27.3 Å². The third-order valence-corrected chi connectivity index (χ3v) is 3.33. The molecular formula is C14H22N6O3. The second-order valence-corrected chi connectivity index (χ2v) is 5.39. The number of nitrogens with zero attached hydrogens (tertiary/aromatic N) is 4. The van der Waals surface area contributed by atoms with Crippen LogP contribution in [0, 0.1) is 0 Å². The Kier molecular flexibility index (Phi) is 5.83. The number of hydrogen-bond donors (Lipinski definition) is 2. The minimum absolute atomic E-state index is 0.0763. The number of aryl methyl sites for hydroxylation is 1. The molecule has 2 rings (SSSR count). The van der Waals surface area contributed by atoms with Gasteiger partial charge in [0.25, 0.3) is 5.56 Å². The van der Waals surface area contributed by atoms with E-state index in [1.165, 1.54) is 6.20 Å². The number of likely N-dealkylation sites (N-methyl/N-ethyl adjacent to an activating group) is 1. The molecule has 2 N–H and O–H groups in total. The Morgan fingerprint density at radius 3 is 3.04 bits per heavy atom. The van der Waals surface area contributed by atoms with Crippen LogP contribution < -0.4 is 10.9 Å². The summed E-state index contributed by atoms with van der Waals surface area (Å²) >= 11 is 0. The van der Waals surface area contributed by atoms with Gasteiger partial charge in [-0.1, -0.05) is 0 Å². The number of carbonyl (C=O) groups is 1. The van der Waals surface area contributed by atoms with E-state index in [2.05, 4.69) is 20.4 Å². The van der Waals surface area contributed by atoms with Crippen LogP contribution in [0.25, 0.3) is 11.0 Å². The van der Waals surface area contributed by atoms with Gasteiger partial charge in [-0.2, -0.15) is 5.10 Å². The van der Waals surface area contributed by atoms with Crippen molar-refractivity contribution >= 4 is 16.9 Å². The highest BCUT2D eigenvalue weighted by Crippen LogP contribution is 2.05. The van der Waals surface area contributed by atoms with Crippen molar-refractivity contribution in [2.75, 3.05) is 33.9 Å².